The molecule has 0 aliphatic rings. The lowest BCUT2D eigenvalue weighted by Gasteiger charge is -1.84. The van der Waals surface area contributed by atoms with E-state index < -0.39 is 0 Å². The molecule has 0 spiro atoms. The summed E-state index contributed by atoms with van der Waals surface area (Å²) in [6.07, 6.45) is 3.87. The Bertz CT molecular complexity index is 169. The minimum absolute atomic E-state index is 0.980. The molecule has 0 saturated carbocycles. The highest BCUT2D eigenvalue weighted by Crippen LogP contribution is 2.03. The van der Waals surface area contributed by atoms with E-state index in [4.69, 9.17) is 0 Å². The summed E-state index contributed by atoms with van der Waals surface area (Å²) in [5, 5.41) is 8.68. The summed E-state index contributed by atoms with van der Waals surface area (Å²) in [7, 11) is 0. The fraction of sp³-hybridized carbons (Fsp3) is 0.333. The number of aryl methyl sites for hydroxylation is 1. The third-order valence-electron chi connectivity index (χ3n) is 0.967. The molecule has 1 heterocycles. The standard InChI is InChI=1S/C6H8N2S/c1-2-3-4-6-8-7-5-9-6/h2,5H,1,3-4H2. The summed E-state index contributed by atoms with van der Waals surface area (Å²) in [4.78, 5) is 0. The second kappa shape index (κ2) is 3.35. The minimum atomic E-state index is 0.980. The summed E-state index contributed by atoms with van der Waals surface area (Å²) in [6, 6.07) is 0. The van der Waals surface area contributed by atoms with Crippen LogP contribution in [0.15, 0.2) is 18.2 Å². The summed E-state index contributed by atoms with van der Waals surface area (Å²) in [5.41, 5.74) is 1.75. The van der Waals surface area contributed by atoms with Crippen LogP contribution in [0, 0.1) is 0 Å². The van der Waals surface area contributed by atoms with Crippen molar-refractivity contribution >= 4 is 11.3 Å². The molecule has 0 saturated heterocycles. The van der Waals surface area contributed by atoms with Crippen LogP contribution >= 0.6 is 11.3 Å². The normalized spacial score (nSPS) is 9.33. The van der Waals surface area contributed by atoms with Crippen LogP contribution in [0.2, 0.25) is 0 Å². The minimum Gasteiger partial charge on any atom is -0.147 e. The molecule has 1 aromatic rings. The number of hydrogen-bond donors (Lipinski definition) is 0. The molecule has 1 rings (SSSR count). The van der Waals surface area contributed by atoms with Gasteiger partial charge in [-0.15, -0.1) is 28.1 Å². The third-order valence-corrected chi connectivity index (χ3v) is 1.73. The molecule has 0 atom stereocenters. The zero-order valence-corrected chi connectivity index (χ0v) is 5.90. The fourth-order valence-electron chi connectivity index (χ4n) is 0.530. The summed E-state index contributed by atoms with van der Waals surface area (Å²) < 4.78 is 0. The SMILES string of the molecule is C=CCCc1nncs1. The van der Waals surface area contributed by atoms with Crippen LogP contribution in [-0.2, 0) is 6.42 Å². The molecule has 0 fully saturated rings. The van der Waals surface area contributed by atoms with Crippen molar-refractivity contribution in [2.75, 3.05) is 0 Å². The first-order chi connectivity index (χ1) is 4.43. The Morgan fingerprint density at radius 2 is 2.67 bits per heavy atom. The number of aromatic nitrogens is 2. The van der Waals surface area contributed by atoms with E-state index in [2.05, 4.69) is 16.8 Å². The van der Waals surface area contributed by atoms with Gasteiger partial charge in [0.05, 0.1) is 0 Å². The monoisotopic (exact) mass is 140 g/mol. The zero-order chi connectivity index (χ0) is 6.53. The summed E-state index contributed by atoms with van der Waals surface area (Å²) in [5.74, 6) is 0. The van der Waals surface area contributed by atoms with E-state index in [1.807, 2.05) is 6.08 Å². The Morgan fingerprint density at radius 3 is 3.22 bits per heavy atom. The Hall–Kier alpha value is -0.700. The number of hydrogen-bond acceptors (Lipinski definition) is 3. The highest BCUT2D eigenvalue weighted by molar-refractivity contribution is 7.09. The number of allylic oxidation sites excluding steroid dienone is 1. The highest BCUT2D eigenvalue weighted by atomic mass is 32.1. The van der Waals surface area contributed by atoms with E-state index in [1.165, 1.54) is 0 Å². The maximum Gasteiger partial charge on any atom is 0.117 e. The zero-order valence-electron chi connectivity index (χ0n) is 5.08. The van der Waals surface area contributed by atoms with Crippen molar-refractivity contribution < 1.29 is 0 Å². The molecule has 0 aromatic carbocycles. The van der Waals surface area contributed by atoms with E-state index in [-0.39, 0.29) is 0 Å². The van der Waals surface area contributed by atoms with Crippen molar-refractivity contribution in [1.82, 2.24) is 10.2 Å². The van der Waals surface area contributed by atoms with Crippen molar-refractivity contribution in [3.63, 3.8) is 0 Å². The van der Waals surface area contributed by atoms with Crippen LogP contribution in [0.1, 0.15) is 11.4 Å². The van der Waals surface area contributed by atoms with E-state index >= 15 is 0 Å². The second-order valence-electron chi connectivity index (χ2n) is 1.66. The first-order valence-corrected chi connectivity index (χ1v) is 3.67. The topological polar surface area (TPSA) is 25.8 Å². The van der Waals surface area contributed by atoms with Crippen molar-refractivity contribution in [2.24, 2.45) is 0 Å². The van der Waals surface area contributed by atoms with Gasteiger partial charge in [0.15, 0.2) is 0 Å². The average Bonchev–Trinajstić information content (AvgIpc) is 2.34. The maximum atomic E-state index is 3.87. The van der Waals surface area contributed by atoms with Gasteiger partial charge in [0, 0.05) is 6.42 Å². The van der Waals surface area contributed by atoms with Gasteiger partial charge in [-0.25, -0.2) is 0 Å². The lowest BCUT2D eigenvalue weighted by molar-refractivity contribution is 0.928. The van der Waals surface area contributed by atoms with Gasteiger partial charge < -0.3 is 0 Å². The van der Waals surface area contributed by atoms with Crippen LogP contribution in [0.4, 0.5) is 0 Å². The van der Waals surface area contributed by atoms with E-state index in [9.17, 15) is 0 Å². The maximum absolute atomic E-state index is 3.87. The molecule has 0 aliphatic carbocycles. The van der Waals surface area contributed by atoms with Crippen LogP contribution in [0.25, 0.3) is 0 Å². The van der Waals surface area contributed by atoms with Crippen LogP contribution in [0.5, 0.6) is 0 Å². The molecule has 0 amide bonds. The van der Waals surface area contributed by atoms with Crippen LogP contribution in [-0.4, -0.2) is 10.2 Å². The molecular weight excluding hydrogens is 132 g/mol. The predicted molar refractivity (Wildman–Crippen MR) is 38.4 cm³/mol. The molecule has 0 radical (unpaired) electrons. The lowest BCUT2D eigenvalue weighted by Crippen LogP contribution is -1.80. The molecule has 1 aromatic heterocycles. The highest BCUT2D eigenvalue weighted by Gasteiger charge is 1.91. The molecule has 48 valence electrons. The van der Waals surface area contributed by atoms with Crippen molar-refractivity contribution in [1.29, 1.82) is 0 Å². The van der Waals surface area contributed by atoms with Gasteiger partial charge in [0.25, 0.3) is 0 Å². The predicted octanol–water partition coefficient (Wildman–Crippen LogP) is 1.66. The smallest absolute Gasteiger partial charge is 0.117 e. The Labute approximate surface area is 58.2 Å². The summed E-state index contributed by atoms with van der Waals surface area (Å²) in [6.45, 7) is 3.62. The Morgan fingerprint density at radius 1 is 1.78 bits per heavy atom. The fourth-order valence-corrected chi connectivity index (χ4v) is 1.08. The molecule has 0 unspecified atom stereocenters. The first kappa shape index (κ1) is 6.42. The van der Waals surface area contributed by atoms with Gasteiger partial charge in [-0.2, -0.15) is 0 Å². The molecule has 3 heteroatoms. The van der Waals surface area contributed by atoms with Gasteiger partial charge in [0.2, 0.25) is 0 Å². The van der Waals surface area contributed by atoms with Gasteiger partial charge >= 0.3 is 0 Å². The molecule has 9 heavy (non-hydrogen) atoms. The van der Waals surface area contributed by atoms with Crippen LogP contribution < -0.4 is 0 Å². The largest absolute Gasteiger partial charge is 0.147 e. The van der Waals surface area contributed by atoms with Gasteiger partial charge in [-0.3, -0.25) is 0 Å². The number of nitrogens with zero attached hydrogens (tertiary/aromatic N) is 2. The first-order valence-electron chi connectivity index (χ1n) is 2.79. The molecule has 2 nitrogen and oxygen atoms in total. The van der Waals surface area contributed by atoms with Crippen molar-refractivity contribution in [3.8, 4) is 0 Å². The average molecular weight is 140 g/mol. The van der Waals surface area contributed by atoms with Crippen molar-refractivity contribution in [3.05, 3.63) is 23.2 Å². The number of rotatable bonds is 3. The molecule has 0 aliphatic heterocycles. The second-order valence-corrected chi connectivity index (χ2v) is 2.58. The molecular formula is C6H8N2S. The van der Waals surface area contributed by atoms with Crippen molar-refractivity contribution in [2.45, 2.75) is 12.8 Å². The lowest BCUT2D eigenvalue weighted by atomic mass is 10.3. The summed E-state index contributed by atoms with van der Waals surface area (Å²) >= 11 is 1.59. The molecule has 0 bridgehead atoms. The van der Waals surface area contributed by atoms with Gasteiger partial charge in [0.1, 0.15) is 10.5 Å². The van der Waals surface area contributed by atoms with Gasteiger partial charge in [-0.1, -0.05) is 6.08 Å². The van der Waals surface area contributed by atoms with E-state index in [0.29, 0.717) is 0 Å². The molecule has 0 N–H and O–H groups in total. The van der Waals surface area contributed by atoms with E-state index in [0.717, 1.165) is 17.8 Å². The Kier molecular flexibility index (Phi) is 2.39. The van der Waals surface area contributed by atoms with E-state index in [1.54, 1.807) is 16.8 Å². The quantitative estimate of drug-likeness (QED) is 0.597. The van der Waals surface area contributed by atoms with Crippen LogP contribution in [0.3, 0.4) is 0 Å². The van der Waals surface area contributed by atoms with Gasteiger partial charge in [-0.05, 0) is 6.42 Å². The Balaban J connectivity index is 2.38. The third kappa shape index (κ3) is 1.93.